The summed E-state index contributed by atoms with van der Waals surface area (Å²) in [7, 11) is 1.41. The quantitative estimate of drug-likeness (QED) is 0.819. The van der Waals surface area contributed by atoms with Crippen molar-refractivity contribution in [2.24, 2.45) is 11.8 Å². The summed E-state index contributed by atoms with van der Waals surface area (Å²) in [5.74, 6) is -0.0753. The average molecular weight is 241 g/mol. The highest BCUT2D eigenvalue weighted by atomic mass is 32.1. The topological polar surface area (TPSA) is 59.4 Å². The summed E-state index contributed by atoms with van der Waals surface area (Å²) in [5.41, 5.74) is 0. The van der Waals surface area contributed by atoms with Crippen molar-refractivity contribution in [3.63, 3.8) is 0 Å². The fourth-order valence-corrected chi connectivity index (χ4v) is 2.98. The molecule has 1 aliphatic carbocycles. The first kappa shape index (κ1) is 11.5. The molecule has 1 aromatic heterocycles. The van der Waals surface area contributed by atoms with E-state index in [-0.39, 0.29) is 17.8 Å². The minimum absolute atomic E-state index is 0.0513. The van der Waals surface area contributed by atoms with Gasteiger partial charge in [0, 0.05) is 11.6 Å². The van der Waals surface area contributed by atoms with Crippen molar-refractivity contribution < 1.29 is 14.6 Å². The maximum absolute atomic E-state index is 11.4. The lowest BCUT2D eigenvalue weighted by atomic mass is 9.99. The fraction of sp³-hybridized carbons (Fsp3) is 0.636. The van der Waals surface area contributed by atoms with Crippen LogP contribution in [-0.2, 0) is 9.53 Å². The van der Waals surface area contributed by atoms with Crippen molar-refractivity contribution >= 4 is 17.3 Å². The van der Waals surface area contributed by atoms with E-state index in [1.54, 1.807) is 6.20 Å². The van der Waals surface area contributed by atoms with Gasteiger partial charge in [-0.15, -0.1) is 11.3 Å². The highest BCUT2D eigenvalue weighted by molar-refractivity contribution is 7.09. The predicted molar refractivity (Wildman–Crippen MR) is 59.9 cm³/mol. The summed E-state index contributed by atoms with van der Waals surface area (Å²) in [5, 5.41) is 12.7. The molecule has 0 amide bonds. The van der Waals surface area contributed by atoms with Gasteiger partial charge in [0.05, 0.1) is 13.0 Å². The van der Waals surface area contributed by atoms with Gasteiger partial charge in [0.2, 0.25) is 0 Å². The number of thiazole rings is 1. The van der Waals surface area contributed by atoms with Gasteiger partial charge < -0.3 is 9.84 Å². The van der Waals surface area contributed by atoms with Gasteiger partial charge in [-0.2, -0.15) is 0 Å². The van der Waals surface area contributed by atoms with Crippen molar-refractivity contribution in [2.45, 2.75) is 25.4 Å². The third kappa shape index (κ3) is 2.25. The fourth-order valence-electron chi connectivity index (χ4n) is 2.27. The molecule has 88 valence electrons. The van der Waals surface area contributed by atoms with Crippen LogP contribution in [0.1, 0.15) is 30.4 Å². The molecule has 3 atom stereocenters. The number of hydrogen-bond donors (Lipinski definition) is 1. The van der Waals surface area contributed by atoms with E-state index in [0.29, 0.717) is 6.42 Å². The zero-order chi connectivity index (χ0) is 11.5. The number of aromatic nitrogens is 1. The van der Waals surface area contributed by atoms with Crippen LogP contribution in [0.15, 0.2) is 11.6 Å². The molecular weight excluding hydrogens is 226 g/mol. The normalized spacial score (nSPS) is 26.6. The van der Waals surface area contributed by atoms with Crippen molar-refractivity contribution in [1.29, 1.82) is 0 Å². The van der Waals surface area contributed by atoms with E-state index in [9.17, 15) is 9.90 Å². The minimum atomic E-state index is -0.533. The van der Waals surface area contributed by atoms with Crippen LogP contribution in [0.2, 0.25) is 0 Å². The van der Waals surface area contributed by atoms with Crippen LogP contribution in [0.25, 0.3) is 0 Å². The second kappa shape index (κ2) is 4.93. The maximum atomic E-state index is 11.4. The van der Waals surface area contributed by atoms with Crippen LogP contribution in [0.4, 0.5) is 0 Å². The van der Waals surface area contributed by atoms with Crippen molar-refractivity contribution in [3.8, 4) is 0 Å². The van der Waals surface area contributed by atoms with E-state index in [2.05, 4.69) is 4.98 Å². The van der Waals surface area contributed by atoms with Gasteiger partial charge in [-0.25, -0.2) is 4.98 Å². The van der Waals surface area contributed by atoms with E-state index in [0.717, 1.165) is 17.8 Å². The third-order valence-electron chi connectivity index (χ3n) is 3.16. The SMILES string of the molecule is COC(=O)C1CCC([C@H](O)c2nccs2)C1. The van der Waals surface area contributed by atoms with Crippen LogP contribution in [0, 0.1) is 11.8 Å². The molecule has 2 rings (SSSR count). The number of esters is 1. The number of rotatable bonds is 3. The Morgan fingerprint density at radius 3 is 3.12 bits per heavy atom. The number of carbonyl (C=O) groups is 1. The number of aliphatic hydroxyl groups is 1. The van der Waals surface area contributed by atoms with Gasteiger partial charge in [-0.3, -0.25) is 4.79 Å². The Labute approximate surface area is 98.3 Å². The molecule has 1 aromatic rings. The average Bonchev–Trinajstić information content (AvgIpc) is 2.97. The molecule has 0 aromatic carbocycles. The number of aliphatic hydroxyl groups excluding tert-OH is 1. The molecule has 1 heterocycles. The van der Waals surface area contributed by atoms with Crippen LogP contribution in [-0.4, -0.2) is 23.2 Å². The molecule has 0 bridgehead atoms. The molecule has 0 radical (unpaired) electrons. The standard InChI is InChI=1S/C11H15NO3S/c1-15-11(14)8-3-2-7(6-8)9(13)10-12-4-5-16-10/h4-5,7-9,13H,2-3,6H2,1H3/t7?,8?,9-/m0/s1. The van der Waals surface area contributed by atoms with Crippen LogP contribution in [0.5, 0.6) is 0 Å². The molecule has 1 saturated carbocycles. The number of nitrogens with zero attached hydrogens (tertiary/aromatic N) is 1. The van der Waals surface area contributed by atoms with E-state index in [1.807, 2.05) is 5.38 Å². The lowest BCUT2D eigenvalue weighted by Crippen LogP contribution is -2.15. The number of hydrogen-bond acceptors (Lipinski definition) is 5. The first-order chi connectivity index (χ1) is 7.72. The zero-order valence-electron chi connectivity index (χ0n) is 9.13. The molecule has 2 unspecified atom stereocenters. The summed E-state index contributed by atoms with van der Waals surface area (Å²) in [6, 6.07) is 0. The van der Waals surface area contributed by atoms with Gasteiger partial charge in [0.25, 0.3) is 0 Å². The first-order valence-electron chi connectivity index (χ1n) is 5.37. The monoisotopic (exact) mass is 241 g/mol. The molecular formula is C11H15NO3S. The van der Waals surface area contributed by atoms with Gasteiger partial charge in [-0.1, -0.05) is 0 Å². The highest BCUT2D eigenvalue weighted by Crippen LogP contribution is 2.39. The van der Waals surface area contributed by atoms with E-state index >= 15 is 0 Å². The molecule has 1 fully saturated rings. The molecule has 1 N–H and O–H groups in total. The van der Waals surface area contributed by atoms with E-state index in [4.69, 9.17) is 4.74 Å². The lowest BCUT2D eigenvalue weighted by Gasteiger charge is -2.15. The largest absolute Gasteiger partial charge is 0.469 e. The first-order valence-corrected chi connectivity index (χ1v) is 6.25. The second-order valence-electron chi connectivity index (χ2n) is 4.11. The van der Waals surface area contributed by atoms with Crippen LogP contribution >= 0.6 is 11.3 Å². The smallest absolute Gasteiger partial charge is 0.308 e. The molecule has 0 spiro atoms. The number of ether oxygens (including phenoxy) is 1. The number of methoxy groups -OCH3 is 1. The summed E-state index contributed by atoms with van der Waals surface area (Å²) < 4.78 is 4.72. The zero-order valence-corrected chi connectivity index (χ0v) is 9.94. The lowest BCUT2D eigenvalue weighted by molar-refractivity contribution is -0.145. The molecule has 1 aliphatic rings. The third-order valence-corrected chi connectivity index (χ3v) is 4.00. The van der Waals surface area contributed by atoms with Crippen molar-refractivity contribution in [3.05, 3.63) is 16.6 Å². The van der Waals surface area contributed by atoms with Gasteiger partial charge in [-0.05, 0) is 25.2 Å². The van der Waals surface area contributed by atoms with Crippen molar-refractivity contribution in [1.82, 2.24) is 4.98 Å². The van der Waals surface area contributed by atoms with Gasteiger partial charge in [0.15, 0.2) is 0 Å². The maximum Gasteiger partial charge on any atom is 0.308 e. The van der Waals surface area contributed by atoms with Crippen molar-refractivity contribution in [2.75, 3.05) is 7.11 Å². The predicted octanol–water partition coefficient (Wildman–Crippen LogP) is 1.77. The summed E-state index contributed by atoms with van der Waals surface area (Å²) >= 11 is 1.46. The second-order valence-corrected chi connectivity index (χ2v) is 5.03. The summed E-state index contributed by atoms with van der Waals surface area (Å²) in [6.07, 6.45) is 3.53. The Morgan fingerprint density at radius 1 is 1.69 bits per heavy atom. The highest BCUT2D eigenvalue weighted by Gasteiger charge is 2.35. The Bertz CT molecular complexity index is 352. The molecule has 5 heteroatoms. The Kier molecular flexibility index (Phi) is 3.56. The Balaban J connectivity index is 1.96. The minimum Gasteiger partial charge on any atom is -0.469 e. The molecule has 0 aliphatic heterocycles. The van der Waals surface area contributed by atoms with Gasteiger partial charge >= 0.3 is 5.97 Å². The molecule has 0 saturated heterocycles. The van der Waals surface area contributed by atoms with E-state index in [1.165, 1.54) is 18.4 Å². The number of carbonyl (C=O) groups excluding carboxylic acids is 1. The van der Waals surface area contributed by atoms with Crippen LogP contribution in [0.3, 0.4) is 0 Å². The summed E-state index contributed by atoms with van der Waals surface area (Å²) in [6.45, 7) is 0. The van der Waals surface area contributed by atoms with E-state index < -0.39 is 6.10 Å². The Morgan fingerprint density at radius 2 is 2.50 bits per heavy atom. The van der Waals surface area contributed by atoms with Gasteiger partial charge in [0.1, 0.15) is 11.1 Å². The summed E-state index contributed by atoms with van der Waals surface area (Å²) in [4.78, 5) is 15.5. The Hall–Kier alpha value is -0.940. The van der Waals surface area contributed by atoms with Crippen LogP contribution < -0.4 is 0 Å². The molecule has 16 heavy (non-hydrogen) atoms. The molecule has 4 nitrogen and oxygen atoms in total.